The highest BCUT2D eigenvalue weighted by Gasteiger charge is 2.54. The minimum Gasteiger partial charge on any atom is -0.633 e. The highest BCUT2D eigenvalue weighted by atomic mass is 16.7. The Balaban J connectivity index is 2.20. The van der Waals surface area contributed by atoms with Crippen LogP contribution in [-0.4, -0.2) is 147 Å². The van der Waals surface area contributed by atoms with Crippen molar-refractivity contribution < 1.29 is 68.2 Å². The molecular weight excluding hydrogens is 682 g/mol. The summed E-state index contributed by atoms with van der Waals surface area (Å²) in [5.74, 6) is -5.27. The Bertz CT molecular complexity index is 1210. The highest BCUT2D eigenvalue weighted by molar-refractivity contribution is 5.83. The molecule has 3 fully saturated rings. The van der Waals surface area contributed by atoms with Crippen LogP contribution in [0.25, 0.3) is 0 Å². The fourth-order valence-electron chi connectivity index (χ4n) is 8.52. The van der Waals surface area contributed by atoms with Crippen LogP contribution < -0.4 is 0 Å². The first-order valence-corrected chi connectivity index (χ1v) is 18.7. The summed E-state index contributed by atoms with van der Waals surface area (Å²) in [5, 5.41) is 70.7. The van der Waals surface area contributed by atoms with E-state index in [1.165, 1.54) is 42.0 Å². The van der Waals surface area contributed by atoms with Crippen LogP contribution in [0.15, 0.2) is 0 Å². The molecule has 0 aromatic heterocycles. The number of esters is 1. The first-order valence-electron chi connectivity index (χ1n) is 18.7. The summed E-state index contributed by atoms with van der Waals surface area (Å²) in [6.45, 7) is 15.9. The van der Waals surface area contributed by atoms with Crippen molar-refractivity contribution in [3.63, 3.8) is 0 Å². The molecule has 0 radical (unpaired) electrons. The van der Waals surface area contributed by atoms with Gasteiger partial charge in [-0.3, -0.25) is 9.59 Å². The third-order valence-corrected chi connectivity index (χ3v) is 12.0. The van der Waals surface area contributed by atoms with Crippen LogP contribution in [-0.2, 0) is 38.0 Å². The van der Waals surface area contributed by atoms with Crippen molar-refractivity contribution in [2.24, 2.45) is 23.7 Å². The molecule has 3 saturated heterocycles. The summed E-state index contributed by atoms with van der Waals surface area (Å²) < 4.78 is 36.0. The Morgan fingerprint density at radius 2 is 1.50 bits per heavy atom. The van der Waals surface area contributed by atoms with Gasteiger partial charge in [-0.05, 0) is 54.4 Å². The molecule has 15 nitrogen and oxygen atoms in total. The minimum atomic E-state index is -2.02. The predicted octanol–water partition coefficient (Wildman–Crippen LogP) is 1.80. The smallest absolute Gasteiger partial charge is 0.311 e. The summed E-state index contributed by atoms with van der Waals surface area (Å²) in [4.78, 5) is 27.9. The third kappa shape index (κ3) is 9.54. The molecule has 0 amide bonds. The molecule has 1 unspecified atom stereocenters. The molecule has 0 aromatic carbocycles. The maximum absolute atomic E-state index is 14.1. The molecular formula is C37H67NO14. The monoisotopic (exact) mass is 749 g/mol. The number of ether oxygens (including phenoxy) is 6. The van der Waals surface area contributed by atoms with Crippen molar-refractivity contribution in [1.29, 1.82) is 0 Å². The summed E-state index contributed by atoms with van der Waals surface area (Å²) in [7, 11) is 4.30. The van der Waals surface area contributed by atoms with E-state index >= 15 is 0 Å². The summed E-state index contributed by atoms with van der Waals surface area (Å²) in [6, 6.07) is -0.828. The second kappa shape index (κ2) is 16.8. The van der Waals surface area contributed by atoms with Crippen LogP contribution in [0.4, 0.5) is 0 Å². The standard InChI is InChI=1S/C37H67NO14/c1-14-25-37(10,45)30(41)20(4)27(39)18(2)16-35(8,44)32(52-34-28(40)24(38(11,12)46)15-19(3)48-34)21(5)29(22(6)33(43)50-25)51-26-17-36(9,47-13)31(42)23(7)49-26/h18-26,28-32,34,40-42,44-45H,14-17H2,1-13H3/t18-,19-,20+,21+,22-,23+,24+,25?,26-,28-,29+,30-,31+,32-,34+,35-,36-,37+/m1/s1. The molecule has 0 aromatic rings. The number of cyclic esters (lactones) is 1. The van der Waals surface area contributed by atoms with Crippen LogP contribution in [0.2, 0.25) is 0 Å². The third-order valence-electron chi connectivity index (χ3n) is 12.0. The molecule has 3 rings (SSSR count). The number of methoxy groups -OCH3 is 1. The van der Waals surface area contributed by atoms with Gasteiger partial charge in [0.2, 0.25) is 0 Å². The number of Topliss-reactive ketones (excluding diaryl/α,β-unsaturated/α-hetero) is 1. The molecule has 3 aliphatic rings. The molecule has 15 heteroatoms. The number of carbonyl (C=O) groups excluding carboxylic acids is 2. The second-order valence-corrected chi connectivity index (χ2v) is 16.9. The predicted molar refractivity (Wildman–Crippen MR) is 188 cm³/mol. The molecule has 3 aliphatic heterocycles. The largest absolute Gasteiger partial charge is 0.633 e. The zero-order valence-electron chi connectivity index (χ0n) is 33.3. The Kier molecular flexibility index (Phi) is 14.6. The number of aliphatic hydroxyl groups excluding tert-OH is 3. The maximum Gasteiger partial charge on any atom is 0.311 e. The minimum absolute atomic E-state index is 0.0595. The lowest BCUT2D eigenvalue weighted by molar-refractivity contribution is -0.874. The summed E-state index contributed by atoms with van der Waals surface area (Å²) >= 11 is 0. The van der Waals surface area contributed by atoms with Gasteiger partial charge in [0, 0.05) is 37.7 Å². The van der Waals surface area contributed by atoms with E-state index in [1.807, 2.05) is 0 Å². The van der Waals surface area contributed by atoms with E-state index in [9.17, 15) is 40.3 Å². The number of aliphatic hydroxyl groups is 5. The van der Waals surface area contributed by atoms with Crippen molar-refractivity contribution in [3.05, 3.63) is 5.21 Å². The first-order chi connectivity index (χ1) is 23.7. The Hall–Kier alpha value is -1.34. The van der Waals surface area contributed by atoms with Crippen molar-refractivity contribution in [1.82, 2.24) is 0 Å². The number of likely N-dealkylation sites (N-methyl/N-ethyl adjacent to an activating group) is 1. The lowest BCUT2D eigenvalue weighted by Gasteiger charge is -2.51. The van der Waals surface area contributed by atoms with Gasteiger partial charge in [0.25, 0.3) is 0 Å². The second-order valence-electron chi connectivity index (χ2n) is 16.9. The lowest BCUT2D eigenvalue weighted by Crippen LogP contribution is -2.63. The maximum atomic E-state index is 14.1. The van der Waals surface area contributed by atoms with Gasteiger partial charge < -0.3 is 63.8 Å². The number of hydrogen-bond donors (Lipinski definition) is 5. The fourth-order valence-corrected chi connectivity index (χ4v) is 8.52. The van der Waals surface area contributed by atoms with Crippen LogP contribution in [0, 0.1) is 28.9 Å². The fraction of sp³-hybridized carbons (Fsp3) is 0.946. The van der Waals surface area contributed by atoms with Gasteiger partial charge >= 0.3 is 5.97 Å². The van der Waals surface area contributed by atoms with E-state index in [1.54, 1.807) is 48.5 Å². The summed E-state index contributed by atoms with van der Waals surface area (Å²) in [5.41, 5.74) is -4.98. The van der Waals surface area contributed by atoms with Gasteiger partial charge in [0.05, 0.1) is 61.7 Å². The molecule has 304 valence electrons. The molecule has 18 atom stereocenters. The van der Waals surface area contributed by atoms with Crippen molar-refractivity contribution in [3.8, 4) is 0 Å². The molecule has 0 aliphatic carbocycles. The van der Waals surface area contributed by atoms with Crippen LogP contribution in [0.5, 0.6) is 0 Å². The van der Waals surface area contributed by atoms with Gasteiger partial charge in [-0.2, -0.15) is 0 Å². The average molecular weight is 750 g/mol. The van der Waals surface area contributed by atoms with Gasteiger partial charge in [-0.25, -0.2) is 0 Å². The molecule has 3 heterocycles. The molecule has 0 bridgehead atoms. The van der Waals surface area contributed by atoms with Crippen LogP contribution in [0.3, 0.4) is 0 Å². The number of nitrogens with zero attached hydrogens (tertiary/aromatic N) is 1. The van der Waals surface area contributed by atoms with E-state index in [0.717, 1.165) is 0 Å². The lowest BCUT2D eigenvalue weighted by atomic mass is 9.74. The Morgan fingerprint density at radius 1 is 0.904 bits per heavy atom. The zero-order chi connectivity index (χ0) is 39.9. The number of rotatable bonds is 7. The summed E-state index contributed by atoms with van der Waals surface area (Å²) in [6.07, 6.45) is -11.1. The first kappa shape index (κ1) is 45.1. The van der Waals surface area contributed by atoms with Crippen molar-refractivity contribution in [2.45, 2.75) is 179 Å². The van der Waals surface area contributed by atoms with E-state index in [0.29, 0.717) is 0 Å². The Labute approximate surface area is 309 Å². The van der Waals surface area contributed by atoms with Crippen LogP contribution >= 0.6 is 0 Å². The van der Waals surface area contributed by atoms with E-state index in [4.69, 9.17) is 28.4 Å². The van der Waals surface area contributed by atoms with Gasteiger partial charge in [0.1, 0.15) is 29.6 Å². The topological polar surface area (TPSA) is 214 Å². The van der Waals surface area contributed by atoms with Crippen molar-refractivity contribution >= 4 is 11.8 Å². The zero-order valence-corrected chi connectivity index (χ0v) is 33.3. The van der Waals surface area contributed by atoms with Gasteiger partial charge in [-0.15, -0.1) is 0 Å². The molecule has 5 N–H and O–H groups in total. The number of ketones is 1. The van der Waals surface area contributed by atoms with Crippen molar-refractivity contribution in [2.75, 3.05) is 21.2 Å². The molecule has 0 spiro atoms. The number of quaternary nitrogens is 1. The molecule has 52 heavy (non-hydrogen) atoms. The SMILES string of the molecule is CCC1OC(=O)[C@H](C)[C@@H](O[C@@H]2C[C@@](C)(OC)[C@@H](O)[C@H](C)O2)[C@H](C)[C@@H](O[C@@H]2O[C@H](C)C[C@H]([N+](C)(C)[O-])[C@H]2O)[C@](C)(O)C[C@@H](C)C(=O)[C@H](C)[C@@H](O)[C@@]1(C)O. The Morgan fingerprint density at radius 3 is 2.04 bits per heavy atom. The number of hydroxylamine groups is 3. The van der Waals surface area contributed by atoms with Gasteiger partial charge in [0.15, 0.2) is 18.7 Å². The highest BCUT2D eigenvalue weighted by Crippen LogP contribution is 2.41. The number of hydrogen-bond acceptors (Lipinski definition) is 14. The van der Waals surface area contributed by atoms with E-state index < -0.39 is 124 Å². The quantitative estimate of drug-likeness (QED) is 0.143. The van der Waals surface area contributed by atoms with E-state index in [-0.39, 0.29) is 25.7 Å². The van der Waals surface area contributed by atoms with Gasteiger partial charge in [-0.1, -0.05) is 27.7 Å². The number of carbonyl (C=O) groups is 2. The average Bonchev–Trinajstić information content (AvgIpc) is 3.05. The molecule has 0 saturated carbocycles. The van der Waals surface area contributed by atoms with E-state index in [2.05, 4.69) is 0 Å². The van der Waals surface area contributed by atoms with Crippen LogP contribution in [0.1, 0.15) is 94.9 Å². The normalized spacial score (nSPS) is 49.2.